The summed E-state index contributed by atoms with van der Waals surface area (Å²) >= 11 is 13.5. The van der Waals surface area contributed by atoms with Crippen molar-refractivity contribution in [2.24, 2.45) is 10.8 Å². The molecular weight excluding hydrogens is 708 g/mol. The number of halogens is 3. The van der Waals surface area contributed by atoms with Gasteiger partial charge in [0.2, 0.25) is 0 Å². The summed E-state index contributed by atoms with van der Waals surface area (Å²) in [5.41, 5.74) is 3.19. The van der Waals surface area contributed by atoms with Crippen molar-refractivity contribution in [2.45, 2.75) is 45.3 Å². The topological polar surface area (TPSA) is 98.6 Å². The molecule has 1 amide bonds. The highest BCUT2D eigenvalue weighted by molar-refractivity contribution is 6.40. The summed E-state index contributed by atoms with van der Waals surface area (Å²) in [6.07, 6.45) is 1.84. The van der Waals surface area contributed by atoms with E-state index in [0.717, 1.165) is 51.3 Å². The van der Waals surface area contributed by atoms with Crippen LogP contribution >= 0.6 is 23.2 Å². The Balaban J connectivity index is 0.998. The zero-order chi connectivity index (χ0) is 36.5. The first-order chi connectivity index (χ1) is 24.9. The minimum atomic E-state index is -0.604. The van der Waals surface area contributed by atoms with Crippen molar-refractivity contribution in [3.8, 4) is 22.9 Å². The SMILES string of the molecule is COC(=O)c1cc(F)c(-c2cccc3c2OCN(C(=O)c2c(Cl)cc(N4CC5(CN(CC(C)(C)C#N)C5)C4)cc2Cl)C3)cc1N1C2CCC1COC2. The van der Waals surface area contributed by atoms with Crippen LogP contribution in [-0.4, -0.2) is 93.5 Å². The Morgan fingerprint density at radius 1 is 1.04 bits per heavy atom. The Kier molecular flexibility index (Phi) is 8.81. The maximum atomic E-state index is 15.9. The molecule has 4 fully saturated rings. The molecule has 0 radical (unpaired) electrons. The molecule has 3 aromatic rings. The molecule has 0 aliphatic carbocycles. The average Bonchev–Trinajstić information content (AvgIpc) is 3.33. The van der Waals surface area contributed by atoms with Crippen LogP contribution in [-0.2, 0) is 16.0 Å². The van der Waals surface area contributed by atoms with Crippen molar-refractivity contribution < 1.29 is 28.2 Å². The number of methoxy groups -OCH3 is 1. The zero-order valence-corrected chi connectivity index (χ0v) is 30.9. The fourth-order valence-corrected chi connectivity index (χ4v) is 9.39. The van der Waals surface area contributed by atoms with Crippen LogP contribution in [0.25, 0.3) is 11.1 Å². The van der Waals surface area contributed by atoms with E-state index < -0.39 is 11.8 Å². The molecule has 272 valence electrons. The third-order valence-electron chi connectivity index (χ3n) is 11.1. The number of anilines is 2. The molecule has 8 rings (SSSR count). The number of morpholine rings is 1. The average molecular weight is 749 g/mol. The lowest BCUT2D eigenvalue weighted by molar-refractivity contribution is -0.0344. The Labute approximate surface area is 312 Å². The molecule has 2 atom stereocenters. The van der Waals surface area contributed by atoms with Gasteiger partial charge in [-0.05, 0) is 51.0 Å². The summed E-state index contributed by atoms with van der Waals surface area (Å²) in [7, 11) is 1.29. The lowest BCUT2D eigenvalue weighted by Crippen LogP contribution is -2.72. The zero-order valence-electron chi connectivity index (χ0n) is 29.4. The van der Waals surface area contributed by atoms with Gasteiger partial charge in [-0.25, -0.2) is 9.18 Å². The molecule has 0 N–H and O–H groups in total. The van der Waals surface area contributed by atoms with Gasteiger partial charge in [0.25, 0.3) is 5.91 Å². The molecule has 0 saturated carbocycles. The minimum Gasteiger partial charge on any atom is -0.472 e. The quantitative estimate of drug-likeness (QED) is 0.247. The summed E-state index contributed by atoms with van der Waals surface area (Å²) in [6, 6.07) is 14.5. The highest BCUT2D eigenvalue weighted by atomic mass is 35.5. The van der Waals surface area contributed by atoms with Crippen molar-refractivity contribution in [1.29, 1.82) is 5.26 Å². The van der Waals surface area contributed by atoms with E-state index in [-0.39, 0.29) is 63.3 Å². The van der Waals surface area contributed by atoms with E-state index in [4.69, 9.17) is 37.4 Å². The van der Waals surface area contributed by atoms with E-state index in [2.05, 4.69) is 20.8 Å². The molecule has 10 nitrogen and oxygen atoms in total. The fraction of sp³-hybridized carbons (Fsp3) is 0.462. The predicted octanol–water partition coefficient (Wildman–Crippen LogP) is 6.62. The second-order valence-corrected chi connectivity index (χ2v) is 16.3. The molecule has 1 spiro atoms. The van der Waals surface area contributed by atoms with E-state index in [1.807, 2.05) is 19.9 Å². The Bertz CT molecular complexity index is 1970. The van der Waals surface area contributed by atoms with Crippen molar-refractivity contribution in [3.05, 3.63) is 75.0 Å². The molecule has 13 heteroatoms. The Morgan fingerprint density at radius 2 is 1.73 bits per heavy atom. The van der Waals surface area contributed by atoms with Gasteiger partial charge < -0.3 is 33.8 Å². The van der Waals surface area contributed by atoms with Crippen LogP contribution in [0.4, 0.5) is 15.8 Å². The normalized spacial score (nSPS) is 21.9. The molecule has 3 aromatic carbocycles. The molecule has 5 heterocycles. The number of para-hydroxylation sites is 1. The number of nitriles is 1. The van der Waals surface area contributed by atoms with E-state index >= 15 is 4.39 Å². The van der Waals surface area contributed by atoms with Gasteiger partial charge in [-0.1, -0.05) is 41.4 Å². The van der Waals surface area contributed by atoms with Gasteiger partial charge in [-0.2, -0.15) is 5.26 Å². The lowest BCUT2D eigenvalue weighted by Gasteiger charge is -2.61. The van der Waals surface area contributed by atoms with Crippen LogP contribution in [0.5, 0.6) is 5.75 Å². The molecule has 2 bridgehead atoms. The number of nitrogens with zero attached hydrogens (tertiary/aromatic N) is 5. The molecule has 5 aliphatic rings. The van der Waals surface area contributed by atoms with Crippen LogP contribution < -0.4 is 14.5 Å². The smallest absolute Gasteiger partial charge is 0.340 e. The fourth-order valence-electron chi connectivity index (χ4n) is 8.75. The van der Waals surface area contributed by atoms with Crippen LogP contribution in [0, 0.1) is 28.0 Å². The Morgan fingerprint density at radius 3 is 2.38 bits per heavy atom. The van der Waals surface area contributed by atoms with E-state index in [1.165, 1.54) is 18.1 Å². The number of carbonyl (C=O) groups is 2. The lowest BCUT2D eigenvalue weighted by atomic mass is 9.71. The van der Waals surface area contributed by atoms with Crippen LogP contribution in [0.1, 0.15) is 53.0 Å². The summed E-state index contributed by atoms with van der Waals surface area (Å²) in [4.78, 5) is 35.0. The summed E-state index contributed by atoms with van der Waals surface area (Å²) in [5, 5.41) is 9.90. The molecule has 4 saturated heterocycles. The minimum absolute atomic E-state index is 0.0820. The van der Waals surface area contributed by atoms with Crippen molar-refractivity contribution in [2.75, 3.05) is 69.6 Å². The number of hydrogen-bond acceptors (Lipinski definition) is 9. The van der Waals surface area contributed by atoms with Crippen molar-refractivity contribution in [3.63, 3.8) is 0 Å². The van der Waals surface area contributed by atoms with Gasteiger partial charge in [0, 0.05) is 60.5 Å². The maximum absolute atomic E-state index is 15.9. The van der Waals surface area contributed by atoms with Gasteiger partial charge in [-0.3, -0.25) is 4.79 Å². The number of amides is 1. The highest BCUT2D eigenvalue weighted by Crippen LogP contribution is 2.46. The predicted molar refractivity (Wildman–Crippen MR) is 196 cm³/mol. The second-order valence-electron chi connectivity index (χ2n) is 15.5. The largest absolute Gasteiger partial charge is 0.472 e. The van der Waals surface area contributed by atoms with Gasteiger partial charge in [0.1, 0.15) is 11.6 Å². The maximum Gasteiger partial charge on any atom is 0.340 e. The highest BCUT2D eigenvalue weighted by Gasteiger charge is 2.52. The van der Waals surface area contributed by atoms with Crippen molar-refractivity contribution in [1.82, 2.24) is 9.80 Å². The third kappa shape index (κ3) is 6.03. The number of esters is 1. The van der Waals surface area contributed by atoms with Crippen molar-refractivity contribution >= 4 is 46.5 Å². The summed E-state index contributed by atoms with van der Waals surface area (Å²) in [5.74, 6) is -1.08. The van der Waals surface area contributed by atoms with Gasteiger partial charge in [-0.15, -0.1) is 0 Å². The number of benzene rings is 3. The van der Waals surface area contributed by atoms with Crippen LogP contribution in [0.2, 0.25) is 10.0 Å². The van der Waals surface area contributed by atoms with Crippen LogP contribution in [0.15, 0.2) is 42.5 Å². The standard InChI is InChI=1S/C39H40Cl2FN5O5/c1-38(2,16-43)17-44-18-39(19-44)20-46(21-39)26-9-30(40)34(31(41)10-26)36(48)45-13-23-5-4-6-27(35(23)52-22-45)28-12-33(29(11-32(28)42)37(49)50-3)47-24-7-8-25(47)15-51-14-24/h4-6,9-12,24-25H,7-8,13-15,17-22H2,1-3H3. The summed E-state index contributed by atoms with van der Waals surface area (Å²) < 4.78 is 33.0. The van der Waals surface area contributed by atoms with E-state index in [1.54, 1.807) is 30.3 Å². The number of carbonyl (C=O) groups excluding carboxylic acids is 2. The molecule has 2 unspecified atom stereocenters. The molecule has 0 aromatic heterocycles. The second kappa shape index (κ2) is 13.1. The first kappa shape index (κ1) is 35.0. The van der Waals surface area contributed by atoms with E-state index in [0.29, 0.717) is 41.3 Å². The molecular formula is C39H40Cl2FN5O5. The third-order valence-corrected chi connectivity index (χ3v) is 11.7. The van der Waals surface area contributed by atoms with E-state index in [9.17, 15) is 14.9 Å². The molecule has 52 heavy (non-hydrogen) atoms. The number of hydrogen-bond donors (Lipinski definition) is 0. The number of likely N-dealkylation sites (tertiary alicyclic amines) is 1. The molecule has 5 aliphatic heterocycles. The first-order valence-electron chi connectivity index (χ1n) is 17.6. The monoisotopic (exact) mass is 747 g/mol. The number of fused-ring (bicyclic) bond motifs is 3. The Hall–Kier alpha value is -4.08. The number of ether oxygens (including phenoxy) is 3. The number of rotatable bonds is 7. The first-order valence-corrected chi connectivity index (χ1v) is 18.3. The van der Waals surface area contributed by atoms with Crippen LogP contribution in [0.3, 0.4) is 0 Å². The summed E-state index contributed by atoms with van der Waals surface area (Å²) in [6.45, 7) is 9.48. The van der Waals surface area contributed by atoms with Gasteiger partial charge in [0.05, 0.1) is 77.3 Å². The van der Waals surface area contributed by atoms with Gasteiger partial charge in [0.15, 0.2) is 6.73 Å². The van der Waals surface area contributed by atoms with Gasteiger partial charge >= 0.3 is 5.97 Å².